The highest BCUT2D eigenvalue weighted by Crippen LogP contribution is 2.22. The van der Waals surface area contributed by atoms with E-state index >= 15 is 0 Å². The summed E-state index contributed by atoms with van der Waals surface area (Å²) in [6.45, 7) is 2.56. The van der Waals surface area contributed by atoms with Crippen molar-refractivity contribution in [1.82, 2.24) is 8.52 Å². The molecule has 0 N–H and O–H groups in total. The maximum atomic E-state index is 12.5. The number of rotatable bonds is 4. The van der Waals surface area contributed by atoms with E-state index in [4.69, 9.17) is 23.2 Å². The van der Waals surface area contributed by atoms with Crippen molar-refractivity contribution in [3.8, 4) is 0 Å². The molecule has 0 spiro atoms. The minimum atomic E-state index is -0.323. The van der Waals surface area contributed by atoms with Crippen LogP contribution < -0.4 is 10.6 Å². The van der Waals surface area contributed by atoms with Gasteiger partial charge in [0, 0.05) is 11.5 Å². The van der Waals surface area contributed by atoms with E-state index in [9.17, 15) is 9.59 Å². The predicted octanol–water partition coefficient (Wildman–Crippen LogP) is 3.78. The summed E-state index contributed by atoms with van der Waals surface area (Å²) in [4.78, 5) is 24.4. The van der Waals surface area contributed by atoms with Crippen LogP contribution in [-0.4, -0.2) is 8.52 Å². The van der Waals surface area contributed by atoms with E-state index in [1.165, 1.54) is 8.52 Å². The molecule has 0 fully saturated rings. The topological polar surface area (TPSA) is 44.0 Å². The molecule has 0 saturated heterocycles. The number of halogens is 2. The molecule has 3 rings (SSSR count). The molecule has 0 atom stereocenters. The lowest BCUT2D eigenvalue weighted by Gasteiger charge is -2.03. The average molecular weight is 381 g/mol. The molecule has 0 aliphatic rings. The smallest absolute Gasteiger partial charge is 0.255 e. The van der Waals surface area contributed by atoms with Crippen molar-refractivity contribution in [3.63, 3.8) is 0 Å². The standard InChI is InChI=1S/C17H14Cl2N2O2S/c1-11-2-4-12(5-3-11)10-21-16(22)20(17(23)24-21)9-13-6-7-14(18)15(19)8-13/h2-8H,9-10H2,1H3. The van der Waals surface area contributed by atoms with Crippen LogP contribution in [0.1, 0.15) is 16.7 Å². The fraction of sp³-hybridized carbons (Fsp3) is 0.176. The van der Waals surface area contributed by atoms with Crippen molar-refractivity contribution in [2.24, 2.45) is 0 Å². The molecule has 24 heavy (non-hydrogen) atoms. The van der Waals surface area contributed by atoms with Gasteiger partial charge < -0.3 is 0 Å². The highest BCUT2D eigenvalue weighted by molar-refractivity contribution is 7.03. The Labute approximate surface area is 152 Å². The Morgan fingerprint density at radius 1 is 0.917 bits per heavy atom. The van der Waals surface area contributed by atoms with Crippen LogP contribution >= 0.6 is 34.7 Å². The molecule has 0 radical (unpaired) electrons. The third-order valence-electron chi connectivity index (χ3n) is 3.62. The normalized spacial score (nSPS) is 11.0. The van der Waals surface area contributed by atoms with Crippen LogP contribution in [0.4, 0.5) is 0 Å². The lowest BCUT2D eigenvalue weighted by Crippen LogP contribution is -2.29. The SMILES string of the molecule is Cc1ccc(Cn2sc(=O)n(Cc3ccc(Cl)c(Cl)c3)c2=O)cc1. The molecule has 0 aliphatic heterocycles. The van der Waals surface area contributed by atoms with Crippen LogP contribution in [0, 0.1) is 6.92 Å². The molecule has 0 aliphatic carbocycles. The van der Waals surface area contributed by atoms with Crippen LogP contribution in [-0.2, 0) is 13.1 Å². The van der Waals surface area contributed by atoms with Gasteiger partial charge in [0.25, 0.3) is 0 Å². The van der Waals surface area contributed by atoms with Gasteiger partial charge in [0.05, 0.1) is 23.1 Å². The largest absolute Gasteiger partial charge is 0.341 e. The van der Waals surface area contributed by atoms with Gasteiger partial charge in [0.15, 0.2) is 0 Å². The third kappa shape index (κ3) is 3.64. The Balaban J connectivity index is 1.89. The van der Waals surface area contributed by atoms with E-state index < -0.39 is 0 Å². The van der Waals surface area contributed by atoms with Crippen molar-refractivity contribution in [2.45, 2.75) is 20.0 Å². The van der Waals surface area contributed by atoms with Gasteiger partial charge in [0.2, 0.25) is 0 Å². The first-order valence-electron chi connectivity index (χ1n) is 7.24. The molecule has 0 amide bonds. The van der Waals surface area contributed by atoms with Gasteiger partial charge in [0.1, 0.15) is 0 Å². The summed E-state index contributed by atoms with van der Waals surface area (Å²) in [6, 6.07) is 12.9. The lowest BCUT2D eigenvalue weighted by atomic mass is 10.1. The first-order chi connectivity index (χ1) is 11.4. The van der Waals surface area contributed by atoms with Gasteiger partial charge in [-0.05, 0) is 30.2 Å². The highest BCUT2D eigenvalue weighted by atomic mass is 35.5. The number of hydrogen-bond acceptors (Lipinski definition) is 3. The van der Waals surface area contributed by atoms with Gasteiger partial charge in [-0.15, -0.1) is 0 Å². The Morgan fingerprint density at radius 3 is 2.25 bits per heavy atom. The van der Waals surface area contributed by atoms with Gasteiger partial charge >= 0.3 is 10.6 Å². The van der Waals surface area contributed by atoms with E-state index in [1.54, 1.807) is 18.2 Å². The quantitative estimate of drug-likeness (QED) is 0.690. The third-order valence-corrected chi connectivity index (χ3v) is 5.25. The minimum Gasteiger partial charge on any atom is -0.255 e. The maximum Gasteiger partial charge on any atom is 0.341 e. The Kier molecular flexibility index (Phi) is 4.94. The fourth-order valence-electron chi connectivity index (χ4n) is 2.31. The molecule has 0 unspecified atom stereocenters. The maximum absolute atomic E-state index is 12.5. The second-order valence-electron chi connectivity index (χ2n) is 5.50. The van der Waals surface area contributed by atoms with Crippen LogP contribution in [0.5, 0.6) is 0 Å². The van der Waals surface area contributed by atoms with Crippen LogP contribution in [0.15, 0.2) is 52.1 Å². The molecule has 124 valence electrons. The van der Waals surface area contributed by atoms with Crippen molar-refractivity contribution >= 4 is 34.7 Å². The van der Waals surface area contributed by atoms with Crippen molar-refractivity contribution < 1.29 is 0 Å². The van der Waals surface area contributed by atoms with E-state index in [1.807, 2.05) is 31.2 Å². The average Bonchev–Trinajstić information content (AvgIpc) is 2.81. The molecule has 7 heteroatoms. The molecular formula is C17H14Cl2N2O2S. The number of nitrogens with zero attached hydrogens (tertiary/aromatic N) is 2. The van der Waals surface area contributed by atoms with Crippen LogP contribution in [0.3, 0.4) is 0 Å². The Hall–Kier alpha value is -1.82. The Morgan fingerprint density at radius 2 is 1.58 bits per heavy atom. The molecule has 0 bridgehead atoms. The number of aryl methyl sites for hydroxylation is 1. The second-order valence-corrected chi connectivity index (χ2v) is 7.28. The summed E-state index contributed by atoms with van der Waals surface area (Å²) >= 11 is 12.8. The van der Waals surface area contributed by atoms with Crippen LogP contribution in [0.2, 0.25) is 10.0 Å². The molecular weight excluding hydrogens is 367 g/mol. The zero-order chi connectivity index (χ0) is 17.3. The highest BCUT2D eigenvalue weighted by Gasteiger charge is 2.11. The first kappa shape index (κ1) is 17.0. The van der Waals surface area contributed by atoms with Crippen molar-refractivity contribution in [3.05, 3.63) is 89.4 Å². The minimum absolute atomic E-state index is 0.173. The summed E-state index contributed by atoms with van der Waals surface area (Å²) in [5, 5.41) is 0.840. The summed E-state index contributed by atoms with van der Waals surface area (Å²) in [5.74, 6) is 0. The Bertz CT molecular complexity index is 987. The van der Waals surface area contributed by atoms with Gasteiger partial charge in [-0.3, -0.25) is 4.79 Å². The number of hydrogen-bond donors (Lipinski definition) is 0. The zero-order valence-electron chi connectivity index (χ0n) is 12.8. The van der Waals surface area contributed by atoms with E-state index in [0.29, 0.717) is 16.6 Å². The van der Waals surface area contributed by atoms with Gasteiger partial charge in [-0.25, -0.2) is 13.3 Å². The summed E-state index contributed by atoms with van der Waals surface area (Å²) in [5.41, 5.74) is 2.56. The van der Waals surface area contributed by atoms with Crippen molar-refractivity contribution in [1.29, 1.82) is 0 Å². The van der Waals surface area contributed by atoms with E-state index in [-0.39, 0.29) is 17.1 Å². The molecule has 1 heterocycles. The van der Waals surface area contributed by atoms with E-state index in [2.05, 4.69) is 0 Å². The van der Waals surface area contributed by atoms with Gasteiger partial charge in [-0.1, -0.05) is 59.1 Å². The van der Waals surface area contributed by atoms with Crippen molar-refractivity contribution in [2.75, 3.05) is 0 Å². The number of aromatic nitrogens is 2. The summed E-state index contributed by atoms with van der Waals surface area (Å²) in [7, 11) is 0. The molecule has 3 aromatic rings. The lowest BCUT2D eigenvalue weighted by molar-refractivity contribution is 0.685. The predicted molar refractivity (Wildman–Crippen MR) is 98.7 cm³/mol. The van der Waals surface area contributed by atoms with Gasteiger partial charge in [-0.2, -0.15) is 0 Å². The first-order valence-corrected chi connectivity index (χ1v) is 8.77. The summed E-state index contributed by atoms with van der Waals surface area (Å²) < 4.78 is 2.67. The molecule has 2 aromatic carbocycles. The molecule has 1 aromatic heterocycles. The fourth-order valence-corrected chi connectivity index (χ4v) is 3.45. The number of benzene rings is 2. The summed E-state index contributed by atoms with van der Waals surface area (Å²) in [6.07, 6.45) is 0. The zero-order valence-corrected chi connectivity index (χ0v) is 15.2. The van der Waals surface area contributed by atoms with E-state index in [0.717, 1.165) is 28.2 Å². The van der Waals surface area contributed by atoms with Crippen LogP contribution in [0.25, 0.3) is 0 Å². The second kappa shape index (κ2) is 6.97. The molecule has 4 nitrogen and oxygen atoms in total. The monoisotopic (exact) mass is 380 g/mol. The molecule has 0 saturated carbocycles.